The molecule has 2 atom stereocenters. The number of hydrogen-bond donors (Lipinski definition) is 1. The van der Waals surface area contributed by atoms with Crippen molar-refractivity contribution in [1.82, 2.24) is 10.2 Å². The molecule has 2 aliphatic heterocycles. The molecule has 0 aromatic carbocycles. The smallest absolute Gasteiger partial charge is 0.226 e. The van der Waals surface area contributed by atoms with Gasteiger partial charge in [0.1, 0.15) is 0 Å². The third-order valence-corrected chi connectivity index (χ3v) is 6.36. The Balaban J connectivity index is 1.43. The van der Waals surface area contributed by atoms with E-state index in [2.05, 4.69) is 10.2 Å². The Labute approximate surface area is 116 Å². The van der Waals surface area contributed by atoms with Gasteiger partial charge in [0.25, 0.3) is 0 Å². The molecule has 4 rings (SSSR count). The van der Waals surface area contributed by atoms with Crippen molar-refractivity contribution in [2.24, 2.45) is 17.3 Å². The predicted molar refractivity (Wildman–Crippen MR) is 74.7 cm³/mol. The van der Waals surface area contributed by atoms with Gasteiger partial charge in [-0.05, 0) is 69.4 Å². The second kappa shape index (κ2) is 4.47. The maximum Gasteiger partial charge on any atom is 0.226 e. The van der Waals surface area contributed by atoms with E-state index in [1.807, 2.05) is 0 Å². The number of piperidine rings is 1. The Kier molecular flexibility index (Phi) is 2.87. The maximum absolute atomic E-state index is 12.8. The average Bonchev–Trinajstić information content (AvgIpc) is 2.84. The molecule has 4 aliphatic rings. The summed E-state index contributed by atoms with van der Waals surface area (Å²) in [4.78, 5) is 15.1. The Morgan fingerprint density at radius 1 is 1.11 bits per heavy atom. The van der Waals surface area contributed by atoms with Crippen LogP contribution in [0.5, 0.6) is 0 Å². The average molecular weight is 262 g/mol. The molecule has 1 spiro atoms. The predicted octanol–water partition coefficient (Wildman–Crippen LogP) is 2.17. The zero-order valence-electron chi connectivity index (χ0n) is 11.9. The minimum absolute atomic E-state index is 0.385. The van der Waals surface area contributed by atoms with Crippen molar-refractivity contribution in [3.05, 3.63) is 0 Å². The summed E-state index contributed by atoms with van der Waals surface area (Å²) < 4.78 is 0. The highest BCUT2D eigenvalue weighted by molar-refractivity contribution is 5.83. The lowest BCUT2D eigenvalue weighted by atomic mass is 9.78. The number of likely N-dealkylation sites (tertiary alicyclic amines) is 1. The van der Waals surface area contributed by atoms with Crippen molar-refractivity contribution in [3.63, 3.8) is 0 Å². The van der Waals surface area contributed by atoms with E-state index >= 15 is 0 Å². The fourth-order valence-electron chi connectivity index (χ4n) is 4.76. The largest absolute Gasteiger partial charge is 0.339 e. The van der Waals surface area contributed by atoms with Gasteiger partial charge in [0.15, 0.2) is 0 Å². The van der Waals surface area contributed by atoms with Gasteiger partial charge in [-0.2, -0.15) is 0 Å². The van der Waals surface area contributed by atoms with Gasteiger partial charge in [-0.1, -0.05) is 6.42 Å². The molecule has 19 heavy (non-hydrogen) atoms. The first-order chi connectivity index (χ1) is 9.30. The minimum atomic E-state index is 0.385. The molecular formula is C16H26N2O. The number of amides is 1. The molecule has 0 bridgehead atoms. The van der Waals surface area contributed by atoms with Crippen molar-refractivity contribution in [2.45, 2.75) is 57.4 Å². The van der Waals surface area contributed by atoms with E-state index < -0.39 is 0 Å². The lowest BCUT2D eigenvalue weighted by molar-refractivity contribution is -0.136. The Bertz CT molecular complexity index is 371. The van der Waals surface area contributed by atoms with Crippen molar-refractivity contribution < 1.29 is 4.79 Å². The van der Waals surface area contributed by atoms with Crippen LogP contribution in [0.3, 0.4) is 0 Å². The molecule has 4 fully saturated rings. The number of carbonyl (C=O) groups is 1. The standard InChI is InChI=1S/C16H26N2O/c19-15(13-11-16(13)6-8-17-9-7-16)18-10-2-5-14(18)12-3-1-4-12/h12-14,17H,1-11H2. The molecule has 0 aromatic rings. The van der Waals surface area contributed by atoms with Gasteiger partial charge in [0, 0.05) is 18.5 Å². The van der Waals surface area contributed by atoms with Crippen molar-refractivity contribution >= 4 is 5.91 Å². The molecule has 106 valence electrons. The van der Waals surface area contributed by atoms with Crippen LogP contribution in [-0.2, 0) is 4.79 Å². The number of nitrogens with one attached hydrogen (secondary N) is 1. The van der Waals surface area contributed by atoms with Crippen LogP contribution in [0.4, 0.5) is 0 Å². The molecule has 3 heteroatoms. The lowest BCUT2D eigenvalue weighted by Crippen LogP contribution is -2.44. The highest BCUT2D eigenvalue weighted by atomic mass is 16.2. The molecule has 1 amide bonds. The zero-order valence-corrected chi connectivity index (χ0v) is 11.9. The first-order valence-electron chi connectivity index (χ1n) is 8.31. The van der Waals surface area contributed by atoms with Gasteiger partial charge in [-0.15, -0.1) is 0 Å². The summed E-state index contributed by atoms with van der Waals surface area (Å²) in [5, 5.41) is 3.43. The van der Waals surface area contributed by atoms with E-state index in [4.69, 9.17) is 0 Å². The lowest BCUT2D eigenvalue weighted by Gasteiger charge is -2.37. The Morgan fingerprint density at radius 2 is 1.89 bits per heavy atom. The summed E-state index contributed by atoms with van der Waals surface area (Å²) in [6, 6.07) is 0.612. The highest BCUT2D eigenvalue weighted by Gasteiger charge is 2.59. The molecule has 0 aromatic heterocycles. The summed E-state index contributed by atoms with van der Waals surface area (Å²) in [6.07, 6.45) is 10.3. The third kappa shape index (κ3) is 1.93. The van der Waals surface area contributed by atoms with E-state index in [1.165, 1.54) is 51.4 Å². The van der Waals surface area contributed by atoms with Crippen LogP contribution >= 0.6 is 0 Å². The van der Waals surface area contributed by atoms with Crippen LogP contribution in [0.25, 0.3) is 0 Å². The number of hydrogen-bond acceptors (Lipinski definition) is 2. The first kappa shape index (κ1) is 12.2. The summed E-state index contributed by atoms with van der Waals surface area (Å²) >= 11 is 0. The van der Waals surface area contributed by atoms with E-state index in [0.29, 0.717) is 23.3 Å². The molecule has 0 radical (unpaired) electrons. The van der Waals surface area contributed by atoms with Crippen LogP contribution in [0.1, 0.15) is 51.4 Å². The molecule has 2 heterocycles. The number of rotatable bonds is 2. The second-order valence-corrected chi connectivity index (χ2v) is 7.30. The third-order valence-electron chi connectivity index (χ3n) is 6.36. The van der Waals surface area contributed by atoms with Gasteiger partial charge in [-0.25, -0.2) is 0 Å². The minimum Gasteiger partial charge on any atom is -0.339 e. The van der Waals surface area contributed by atoms with Crippen LogP contribution < -0.4 is 5.32 Å². The molecule has 2 saturated carbocycles. The van der Waals surface area contributed by atoms with Crippen LogP contribution in [0.15, 0.2) is 0 Å². The van der Waals surface area contributed by atoms with Crippen molar-refractivity contribution in [2.75, 3.05) is 19.6 Å². The SMILES string of the molecule is O=C(C1CC12CCNCC2)N1CCCC1C1CCC1. The normalized spacial score (nSPS) is 37.4. The number of carbonyl (C=O) groups excluding carboxylic acids is 1. The van der Waals surface area contributed by atoms with Gasteiger partial charge in [0.2, 0.25) is 5.91 Å². The van der Waals surface area contributed by atoms with E-state index in [9.17, 15) is 4.79 Å². The molecule has 3 nitrogen and oxygen atoms in total. The van der Waals surface area contributed by atoms with E-state index in [1.54, 1.807) is 0 Å². The molecule has 1 N–H and O–H groups in total. The van der Waals surface area contributed by atoms with Crippen LogP contribution in [-0.4, -0.2) is 36.5 Å². The van der Waals surface area contributed by atoms with Gasteiger partial charge < -0.3 is 10.2 Å². The summed E-state index contributed by atoms with van der Waals surface area (Å²) in [5.74, 6) is 1.75. The summed E-state index contributed by atoms with van der Waals surface area (Å²) in [7, 11) is 0. The fraction of sp³-hybridized carbons (Fsp3) is 0.938. The van der Waals surface area contributed by atoms with Crippen molar-refractivity contribution in [3.8, 4) is 0 Å². The van der Waals surface area contributed by atoms with E-state index in [0.717, 1.165) is 25.6 Å². The fourth-order valence-corrected chi connectivity index (χ4v) is 4.76. The number of nitrogens with zero attached hydrogens (tertiary/aromatic N) is 1. The topological polar surface area (TPSA) is 32.3 Å². The molecule has 2 saturated heterocycles. The summed E-state index contributed by atoms with van der Waals surface area (Å²) in [5.41, 5.74) is 0.412. The maximum atomic E-state index is 12.8. The van der Waals surface area contributed by atoms with Gasteiger partial charge in [-0.3, -0.25) is 4.79 Å². The molecule has 2 aliphatic carbocycles. The van der Waals surface area contributed by atoms with Crippen LogP contribution in [0.2, 0.25) is 0 Å². The molecule has 2 unspecified atom stereocenters. The van der Waals surface area contributed by atoms with Gasteiger partial charge in [0.05, 0.1) is 0 Å². The second-order valence-electron chi connectivity index (χ2n) is 7.30. The van der Waals surface area contributed by atoms with E-state index in [-0.39, 0.29) is 0 Å². The van der Waals surface area contributed by atoms with Gasteiger partial charge >= 0.3 is 0 Å². The van der Waals surface area contributed by atoms with Crippen molar-refractivity contribution in [1.29, 1.82) is 0 Å². The highest BCUT2D eigenvalue weighted by Crippen LogP contribution is 2.59. The quantitative estimate of drug-likeness (QED) is 0.827. The molecular weight excluding hydrogens is 236 g/mol. The monoisotopic (exact) mass is 262 g/mol. The summed E-state index contributed by atoms with van der Waals surface area (Å²) in [6.45, 7) is 3.29. The first-order valence-corrected chi connectivity index (χ1v) is 8.31. The Hall–Kier alpha value is -0.570. The Morgan fingerprint density at radius 3 is 2.58 bits per heavy atom. The van der Waals surface area contributed by atoms with Crippen LogP contribution in [0, 0.1) is 17.3 Å². The zero-order chi connectivity index (χ0) is 12.9.